The first-order chi connectivity index (χ1) is 24.4. The molecule has 3 aliphatic heterocycles. The SMILES string of the molecule is CCCCCCCCC1CN2CN(C1)C(=S)NCCNCCNC(=S)N1CC(CCCCCCCC)CN(C1)C(=S)NCCNCCNC2=S. The molecule has 0 radical (unpaired) electrons. The molecule has 50 heavy (non-hydrogen) atoms. The Morgan fingerprint density at radius 3 is 1.00 bits per heavy atom. The van der Waals surface area contributed by atoms with Crippen molar-refractivity contribution >= 4 is 69.3 Å². The van der Waals surface area contributed by atoms with E-state index in [1.54, 1.807) is 0 Å². The molecule has 0 saturated carbocycles. The van der Waals surface area contributed by atoms with E-state index in [4.69, 9.17) is 48.9 Å². The molecule has 3 fully saturated rings. The lowest BCUT2D eigenvalue weighted by molar-refractivity contribution is 0.145. The highest BCUT2D eigenvalue weighted by atomic mass is 32.1. The third-order valence-electron chi connectivity index (χ3n) is 9.99. The third kappa shape index (κ3) is 17.5. The molecule has 3 saturated heterocycles. The Kier molecular flexibility index (Phi) is 22.8. The number of thiocarbonyl (C=S) groups is 4. The van der Waals surface area contributed by atoms with Crippen molar-refractivity contribution in [2.75, 3.05) is 91.9 Å². The quantitative estimate of drug-likeness (QED) is 0.110. The van der Waals surface area contributed by atoms with Crippen LogP contribution in [0.1, 0.15) is 104 Å². The number of nitrogens with zero attached hydrogens (tertiary/aromatic N) is 4. The van der Waals surface area contributed by atoms with Crippen molar-refractivity contribution in [3.05, 3.63) is 0 Å². The lowest BCUT2D eigenvalue weighted by atomic mass is 9.97. The van der Waals surface area contributed by atoms with Crippen molar-refractivity contribution in [3.63, 3.8) is 0 Å². The van der Waals surface area contributed by atoms with Gasteiger partial charge in [-0.25, -0.2) is 0 Å². The van der Waals surface area contributed by atoms with E-state index in [9.17, 15) is 0 Å². The van der Waals surface area contributed by atoms with E-state index in [0.29, 0.717) is 11.8 Å². The summed E-state index contributed by atoms with van der Waals surface area (Å²) in [5.41, 5.74) is 0. The molecular weight excluding hydrogens is 701 g/mol. The third-order valence-corrected chi connectivity index (χ3v) is 11.6. The normalized spacial score (nSPS) is 20.5. The van der Waals surface area contributed by atoms with Crippen LogP contribution in [0, 0.1) is 11.8 Å². The summed E-state index contributed by atoms with van der Waals surface area (Å²) in [4.78, 5) is 9.23. The van der Waals surface area contributed by atoms with Crippen LogP contribution in [0.2, 0.25) is 0 Å². The Morgan fingerprint density at radius 2 is 0.700 bits per heavy atom. The molecule has 3 aliphatic rings. The van der Waals surface area contributed by atoms with Crippen molar-refractivity contribution < 1.29 is 0 Å². The first-order valence-corrected chi connectivity index (χ1v) is 21.6. The smallest absolute Gasteiger partial charge is 0.170 e. The lowest BCUT2D eigenvalue weighted by Gasteiger charge is -2.43. The highest BCUT2D eigenvalue weighted by molar-refractivity contribution is 7.80. The number of hydrogen-bond acceptors (Lipinski definition) is 6. The van der Waals surface area contributed by atoms with Gasteiger partial charge in [-0.1, -0.05) is 90.9 Å². The molecular formula is C36H70N10S4. The van der Waals surface area contributed by atoms with Crippen molar-refractivity contribution in [2.45, 2.75) is 104 Å². The van der Waals surface area contributed by atoms with E-state index < -0.39 is 0 Å². The molecule has 14 heteroatoms. The van der Waals surface area contributed by atoms with Crippen LogP contribution < -0.4 is 31.9 Å². The summed E-state index contributed by atoms with van der Waals surface area (Å²) >= 11 is 23.6. The molecule has 10 nitrogen and oxygen atoms in total. The van der Waals surface area contributed by atoms with Crippen molar-refractivity contribution in [1.82, 2.24) is 51.5 Å². The minimum absolute atomic E-state index is 0.547. The zero-order valence-electron chi connectivity index (χ0n) is 31.4. The van der Waals surface area contributed by atoms with Gasteiger partial charge in [-0.2, -0.15) is 0 Å². The first kappa shape index (κ1) is 43.1. The summed E-state index contributed by atoms with van der Waals surface area (Å²) in [5, 5.41) is 24.4. The van der Waals surface area contributed by atoms with E-state index in [1.807, 2.05) is 0 Å². The average molecular weight is 771 g/mol. The highest BCUT2D eigenvalue weighted by Crippen LogP contribution is 2.21. The Labute approximate surface area is 326 Å². The van der Waals surface area contributed by atoms with E-state index in [0.717, 1.165) is 112 Å². The molecule has 288 valence electrons. The average Bonchev–Trinajstić information content (AvgIpc) is 3.12. The molecule has 3 rings (SSSR count). The molecule has 0 aromatic carbocycles. The fraction of sp³-hybridized carbons (Fsp3) is 0.889. The van der Waals surface area contributed by atoms with Gasteiger partial charge in [0.2, 0.25) is 0 Å². The minimum Gasteiger partial charge on any atom is -0.361 e. The van der Waals surface area contributed by atoms with Crippen molar-refractivity contribution in [3.8, 4) is 0 Å². The van der Waals surface area contributed by atoms with Crippen LogP contribution in [0.4, 0.5) is 0 Å². The van der Waals surface area contributed by atoms with E-state index in [1.165, 1.54) is 89.9 Å². The Bertz CT molecular complexity index is 857. The largest absolute Gasteiger partial charge is 0.361 e. The standard InChI is InChI=1S/C36H70N10S4/c1-3-5-7-9-11-13-15-31-25-43-29-44(26-31)34(48)40-22-18-38-20-24-42-36(50)46-28-32(16-14-12-10-8-6-4-2)27-45(30-46)35(49)41-23-19-37-17-21-39-33(43)47/h31-32,37-38H,3-30H2,1-2H3,(H,39,47)(H,40,48)(H,41,49)(H,42,50). The Balaban J connectivity index is 1.53. The van der Waals surface area contributed by atoms with Crippen molar-refractivity contribution in [2.24, 2.45) is 11.8 Å². The minimum atomic E-state index is 0.547. The maximum atomic E-state index is 5.91. The lowest BCUT2D eigenvalue weighted by Crippen LogP contribution is -2.58. The summed E-state index contributed by atoms with van der Waals surface area (Å²) in [6.45, 7) is 16.4. The maximum absolute atomic E-state index is 5.91. The molecule has 0 aromatic rings. The van der Waals surface area contributed by atoms with Crippen LogP contribution >= 0.6 is 48.9 Å². The van der Waals surface area contributed by atoms with Crippen LogP contribution in [0.5, 0.6) is 0 Å². The monoisotopic (exact) mass is 770 g/mol. The van der Waals surface area contributed by atoms with Gasteiger partial charge in [0.05, 0.1) is 13.3 Å². The van der Waals surface area contributed by atoms with Gasteiger partial charge in [0.25, 0.3) is 0 Å². The van der Waals surface area contributed by atoms with Crippen molar-refractivity contribution in [1.29, 1.82) is 0 Å². The summed E-state index contributed by atoms with van der Waals surface area (Å²) in [6, 6.07) is 0. The van der Waals surface area contributed by atoms with Gasteiger partial charge >= 0.3 is 0 Å². The molecule has 0 unspecified atom stereocenters. The van der Waals surface area contributed by atoms with Gasteiger partial charge in [-0.05, 0) is 73.5 Å². The van der Waals surface area contributed by atoms with E-state index in [2.05, 4.69) is 65.3 Å². The zero-order chi connectivity index (χ0) is 35.8. The van der Waals surface area contributed by atoms with Gasteiger partial charge in [0.1, 0.15) is 0 Å². The molecule has 0 spiro atoms. The fourth-order valence-corrected chi connectivity index (χ4v) is 8.05. The molecule has 6 N–H and O–H groups in total. The maximum Gasteiger partial charge on any atom is 0.170 e. The summed E-state index contributed by atoms with van der Waals surface area (Å²) in [6.07, 6.45) is 18.3. The zero-order valence-corrected chi connectivity index (χ0v) is 34.6. The predicted molar refractivity (Wildman–Crippen MR) is 228 cm³/mol. The summed E-state index contributed by atoms with van der Waals surface area (Å²) in [5.74, 6) is 1.09. The first-order valence-electron chi connectivity index (χ1n) is 19.9. The molecule has 4 bridgehead atoms. The van der Waals surface area contributed by atoms with Gasteiger partial charge in [0, 0.05) is 78.5 Å². The number of fused-ring (bicyclic) bond motifs is 4. The molecule has 0 atom stereocenters. The second-order valence-electron chi connectivity index (χ2n) is 14.4. The summed E-state index contributed by atoms with van der Waals surface area (Å²) < 4.78 is 0. The Hall–Kier alpha value is -1.32. The van der Waals surface area contributed by atoms with E-state index in [-0.39, 0.29) is 0 Å². The van der Waals surface area contributed by atoms with Crippen LogP contribution in [0.15, 0.2) is 0 Å². The molecule has 0 aliphatic carbocycles. The van der Waals surface area contributed by atoms with E-state index >= 15 is 0 Å². The topological polar surface area (TPSA) is 85.1 Å². The van der Waals surface area contributed by atoms with Gasteiger partial charge in [-0.15, -0.1) is 0 Å². The van der Waals surface area contributed by atoms with Gasteiger partial charge in [-0.3, -0.25) is 0 Å². The number of nitrogens with one attached hydrogen (secondary N) is 6. The molecule has 3 heterocycles. The van der Waals surface area contributed by atoms with Gasteiger partial charge < -0.3 is 51.5 Å². The van der Waals surface area contributed by atoms with Crippen LogP contribution in [0.25, 0.3) is 0 Å². The number of rotatable bonds is 14. The fourth-order valence-electron chi connectivity index (χ4n) is 7.11. The Morgan fingerprint density at radius 1 is 0.420 bits per heavy atom. The predicted octanol–water partition coefficient (Wildman–Crippen LogP) is 4.56. The van der Waals surface area contributed by atoms with Gasteiger partial charge in [0.15, 0.2) is 20.4 Å². The molecule has 0 aromatic heterocycles. The number of unbranched alkanes of at least 4 members (excludes halogenated alkanes) is 10. The second kappa shape index (κ2) is 26.4. The second-order valence-corrected chi connectivity index (χ2v) is 16.0. The van der Waals surface area contributed by atoms with Crippen LogP contribution in [-0.4, -0.2) is 132 Å². The highest BCUT2D eigenvalue weighted by Gasteiger charge is 2.29. The van der Waals surface area contributed by atoms with Crippen LogP contribution in [-0.2, 0) is 0 Å². The molecule has 0 amide bonds. The number of hydrogen-bond donors (Lipinski definition) is 6. The summed E-state index contributed by atoms with van der Waals surface area (Å²) in [7, 11) is 0. The van der Waals surface area contributed by atoms with Crippen LogP contribution in [0.3, 0.4) is 0 Å².